The zero-order valence-electron chi connectivity index (χ0n) is 8.63. The number of nitriles is 1. The Hall–Kier alpha value is -1.66. The van der Waals surface area contributed by atoms with Gasteiger partial charge in [0, 0.05) is 0 Å². The number of hydrogen-bond donors (Lipinski definition) is 4. The van der Waals surface area contributed by atoms with Gasteiger partial charge in [-0.05, 0) is 0 Å². The normalized spacial score (nSPS) is 32.6. The average molecular weight is 241 g/mol. The molecule has 1 aromatic rings. The van der Waals surface area contributed by atoms with Crippen molar-refractivity contribution in [3.63, 3.8) is 0 Å². The van der Waals surface area contributed by atoms with Crippen LogP contribution in [0.3, 0.4) is 0 Å². The fraction of sp³-hybridized carbons (Fsp3) is 0.556. The number of hydrogen-bond acceptors (Lipinski definition) is 7. The SMILES string of the molecule is N#Cc1ncn([C@@H]2O[C@H](CO)[C@@H](O)[C@H]2O)c1O. The van der Waals surface area contributed by atoms with Crippen LogP contribution in [0.25, 0.3) is 0 Å². The van der Waals surface area contributed by atoms with Gasteiger partial charge < -0.3 is 25.2 Å². The monoisotopic (exact) mass is 241 g/mol. The van der Waals surface area contributed by atoms with E-state index in [-0.39, 0.29) is 5.69 Å². The fourth-order valence-corrected chi connectivity index (χ4v) is 1.73. The van der Waals surface area contributed by atoms with Crippen molar-refractivity contribution in [1.29, 1.82) is 5.26 Å². The van der Waals surface area contributed by atoms with E-state index in [2.05, 4.69) is 4.98 Å². The molecular formula is C9H11N3O5. The second kappa shape index (κ2) is 4.31. The van der Waals surface area contributed by atoms with Crippen LogP contribution in [0.1, 0.15) is 11.9 Å². The van der Waals surface area contributed by atoms with Crippen LogP contribution in [-0.2, 0) is 4.74 Å². The van der Waals surface area contributed by atoms with E-state index in [0.717, 1.165) is 10.9 Å². The molecule has 1 aromatic heterocycles. The zero-order chi connectivity index (χ0) is 12.6. The van der Waals surface area contributed by atoms with Crippen LogP contribution in [0.15, 0.2) is 6.33 Å². The third-order valence-electron chi connectivity index (χ3n) is 2.66. The Labute approximate surface area is 95.9 Å². The van der Waals surface area contributed by atoms with Crippen molar-refractivity contribution in [2.45, 2.75) is 24.5 Å². The Morgan fingerprint density at radius 3 is 2.65 bits per heavy atom. The first-order chi connectivity index (χ1) is 8.10. The van der Waals surface area contributed by atoms with Gasteiger partial charge in [-0.25, -0.2) is 4.98 Å². The minimum absolute atomic E-state index is 0.206. The molecule has 92 valence electrons. The van der Waals surface area contributed by atoms with Crippen LogP contribution in [0, 0.1) is 11.3 Å². The third-order valence-corrected chi connectivity index (χ3v) is 2.66. The van der Waals surface area contributed by atoms with Gasteiger partial charge in [-0.15, -0.1) is 0 Å². The molecule has 0 saturated carbocycles. The Morgan fingerprint density at radius 1 is 1.47 bits per heavy atom. The first-order valence-corrected chi connectivity index (χ1v) is 4.88. The highest BCUT2D eigenvalue weighted by Gasteiger charge is 2.44. The Balaban J connectivity index is 2.29. The molecule has 4 N–H and O–H groups in total. The molecule has 2 heterocycles. The summed E-state index contributed by atoms with van der Waals surface area (Å²) >= 11 is 0. The number of aromatic nitrogens is 2. The standard InChI is InChI=1S/C9H11N3O5/c10-1-4-8(16)12(3-11-4)9-7(15)6(14)5(2-13)17-9/h3,5-7,9,13-16H,2H2/t5-,6-,7-,9-/m1/s1. The van der Waals surface area contributed by atoms with Gasteiger partial charge >= 0.3 is 0 Å². The summed E-state index contributed by atoms with van der Waals surface area (Å²) in [5, 5.41) is 46.3. The molecule has 1 saturated heterocycles. The van der Waals surface area contributed by atoms with Gasteiger partial charge in [0.2, 0.25) is 11.6 Å². The molecule has 8 nitrogen and oxygen atoms in total. The molecule has 4 atom stereocenters. The molecule has 1 aliphatic rings. The molecular weight excluding hydrogens is 230 g/mol. The predicted octanol–water partition coefficient (Wildman–Crippen LogP) is -1.93. The first-order valence-electron chi connectivity index (χ1n) is 4.88. The maximum absolute atomic E-state index is 9.69. The fourth-order valence-electron chi connectivity index (χ4n) is 1.73. The van der Waals surface area contributed by atoms with Crippen molar-refractivity contribution in [3.8, 4) is 11.9 Å². The van der Waals surface area contributed by atoms with E-state index in [1.54, 1.807) is 6.07 Å². The zero-order valence-corrected chi connectivity index (χ0v) is 8.63. The smallest absolute Gasteiger partial charge is 0.232 e. The minimum atomic E-state index is -1.32. The summed E-state index contributed by atoms with van der Waals surface area (Å²) in [4.78, 5) is 3.61. The van der Waals surface area contributed by atoms with Crippen LogP contribution in [0.2, 0.25) is 0 Å². The van der Waals surface area contributed by atoms with Gasteiger partial charge in [0.05, 0.1) is 6.61 Å². The predicted molar refractivity (Wildman–Crippen MR) is 51.6 cm³/mol. The number of aromatic hydroxyl groups is 1. The van der Waals surface area contributed by atoms with Gasteiger partial charge in [0.25, 0.3) is 0 Å². The summed E-state index contributed by atoms with van der Waals surface area (Å²) in [5.41, 5.74) is -0.206. The summed E-state index contributed by atoms with van der Waals surface area (Å²) in [6, 6.07) is 1.66. The molecule has 1 fully saturated rings. The van der Waals surface area contributed by atoms with E-state index in [0.29, 0.717) is 0 Å². The van der Waals surface area contributed by atoms with Gasteiger partial charge in [0.1, 0.15) is 30.7 Å². The van der Waals surface area contributed by atoms with Crippen LogP contribution >= 0.6 is 0 Å². The molecule has 8 heteroatoms. The van der Waals surface area contributed by atoms with Crippen molar-refractivity contribution in [2.24, 2.45) is 0 Å². The Kier molecular flexibility index (Phi) is 2.99. The Bertz CT molecular complexity index is 454. The lowest BCUT2D eigenvalue weighted by atomic mass is 10.1. The topological polar surface area (TPSA) is 132 Å². The molecule has 17 heavy (non-hydrogen) atoms. The lowest BCUT2D eigenvalue weighted by Gasteiger charge is -2.16. The van der Waals surface area contributed by atoms with Crippen molar-refractivity contribution < 1.29 is 25.2 Å². The van der Waals surface area contributed by atoms with Crippen LogP contribution in [-0.4, -0.2) is 54.9 Å². The van der Waals surface area contributed by atoms with Crippen LogP contribution in [0.5, 0.6) is 5.88 Å². The van der Waals surface area contributed by atoms with Crippen molar-refractivity contribution >= 4 is 0 Å². The largest absolute Gasteiger partial charge is 0.492 e. The lowest BCUT2D eigenvalue weighted by molar-refractivity contribution is -0.0553. The van der Waals surface area contributed by atoms with E-state index >= 15 is 0 Å². The van der Waals surface area contributed by atoms with Crippen LogP contribution < -0.4 is 0 Å². The third kappa shape index (κ3) is 1.75. The summed E-state index contributed by atoms with van der Waals surface area (Å²) < 4.78 is 6.19. The van der Waals surface area contributed by atoms with Crippen molar-refractivity contribution in [3.05, 3.63) is 12.0 Å². The van der Waals surface area contributed by atoms with Crippen molar-refractivity contribution in [2.75, 3.05) is 6.61 Å². The van der Waals surface area contributed by atoms with Gasteiger partial charge in [-0.2, -0.15) is 5.26 Å². The minimum Gasteiger partial charge on any atom is -0.492 e. The molecule has 2 rings (SSSR count). The number of ether oxygens (including phenoxy) is 1. The first kappa shape index (κ1) is 11.8. The summed E-state index contributed by atoms with van der Waals surface area (Å²) in [6.07, 6.45) is -3.50. The number of aliphatic hydroxyl groups excluding tert-OH is 3. The molecule has 0 bridgehead atoms. The molecule has 0 aliphatic carbocycles. The van der Waals surface area contributed by atoms with Gasteiger partial charge in [-0.3, -0.25) is 4.57 Å². The molecule has 0 unspecified atom stereocenters. The van der Waals surface area contributed by atoms with E-state index in [1.807, 2.05) is 0 Å². The molecule has 0 amide bonds. The maximum atomic E-state index is 9.69. The lowest BCUT2D eigenvalue weighted by Crippen LogP contribution is -2.33. The highest BCUT2D eigenvalue weighted by Crippen LogP contribution is 2.32. The molecule has 0 spiro atoms. The molecule has 1 aliphatic heterocycles. The van der Waals surface area contributed by atoms with Gasteiger partial charge in [-0.1, -0.05) is 0 Å². The molecule has 0 aromatic carbocycles. The van der Waals surface area contributed by atoms with E-state index in [1.165, 1.54) is 0 Å². The van der Waals surface area contributed by atoms with E-state index < -0.39 is 37.0 Å². The van der Waals surface area contributed by atoms with Crippen molar-refractivity contribution in [1.82, 2.24) is 9.55 Å². The summed E-state index contributed by atoms with van der Waals surface area (Å²) in [5.74, 6) is -0.456. The summed E-state index contributed by atoms with van der Waals surface area (Å²) in [7, 11) is 0. The number of nitrogens with zero attached hydrogens (tertiary/aromatic N) is 3. The second-order valence-corrected chi connectivity index (χ2v) is 3.66. The summed E-state index contributed by atoms with van der Waals surface area (Å²) in [6.45, 7) is -0.463. The van der Waals surface area contributed by atoms with E-state index in [4.69, 9.17) is 15.1 Å². The van der Waals surface area contributed by atoms with E-state index in [9.17, 15) is 15.3 Å². The number of rotatable bonds is 2. The second-order valence-electron chi connectivity index (χ2n) is 3.66. The average Bonchev–Trinajstić information content (AvgIpc) is 2.82. The molecule has 0 radical (unpaired) electrons. The highest BCUT2D eigenvalue weighted by atomic mass is 16.6. The van der Waals surface area contributed by atoms with Crippen LogP contribution in [0.4, 0.5) is 0 Å². The highest BCUT2D eigenvalue weighted by molar-refractivity contribution is 5.31. The number of aliphatic hydroxyl groups is 3. The Morgan fingerprint density at radius 2 is 2.18 bits per heavy atom. The van der Waals surface area contributed by atoms with Gasteiger partial charge in [0.15, 0.2) is 6.23 Å². The quantitative estimate of drug-likeness (QED) is 0.474. The maximum Gasteiger partial charge on any atom is 0.232 e. The number of imidazole rings is 1.